The van der Waals surface area contributed by atoms with Crippen LogP contribution in [0.15, 0.2) is 59.8 Å². The molecule has 10 heteroatoms. The topological polar surface area (TPSA) is 108 Å². The molecular formula is C21H18FN5O4. The summed E-state index contributed by atoms with van der Waals surface area (Å²) in [7, 11) is 1.21. The minimum Gasteiger partial charge on any atom is -0.494 e. The van der Waals surface area contributed by atoms with E-state index in [1.54, 1.807) is 24.3 Å². The number of tetrazole rings is 1. The zero-order chi connectivity index (χ0) is 22.0. The number of allylic oxidation sites excluding steroid dienone is 1. The minimum atomic E-state index is -0.875. The smallest absolute Gasteiger partial charge is 0.355 e. The fraction of sp³-hybridized carbons (Fsp3) is 0.190. The minimum absolute atomic E-state index is 0.0717. The van der Waals surface area contributed by atoms with Crippen LogP contribution in [0.2, 0.25) is 0 Å². The molecule has 2 heterocycles. The van der Waals surface area contributed by atoms with Crippen molar-refractivity contribution >= 4 is 17.7 Å². The number of halogens is 1. The molecule has 0 bridgehead atoms. The van der Waals surface area contributed by atoms with E-state index in [1.165, 1.54) is 36.1 Å². The summed E-state index contributed by atoms with van der Waals surface area (Å²) in [5.74, 6) is -0.868. The first-order valence-electron chi connectivity index (χ1n) is 9.44. The van der Waals surface area contributed by atoms with Crippen molar-refractivity contribution < 1.29 is 23.5 Å². The van der Waals surface area contributed by atoms with Crippen LogP contribution in [0, 0.1) is 5.82 Å². The van der Waals surface area contributed by atoms with Gasteiger partial charge in [-0.15, -0.1) is 0 Å². The lowest BCUT2D eigenvalue weighted by Gasteiger charge is -2.28. The standard InChI is InChI=1S/C21H18FN5O4/c1-3-31-15-10-6-13(7-11-15)19(28)16-17(20(29)30-2)23-21-24-25-26-27(21)18(16)12-4-8-14(22)9-5-12/h4-11,18H,3H2,1-2H3,(H,23,24,26)/t18-/m1/s1. The van der Waals surface area contributed by atoms with E-state index < -0.39 is 23.6 Å². The van der Waals surface area contributed by atoms with Crippen LogP contribution in [-0.2, 0) is 9.53 Å². The van der Waals surface area contributed by atoms with E-state index >= 15 is 0 Å². The molecular weight excluding hydrogens is 405 g/mol. The number of hydrogen-bond acceptors (Lipinski definition) is 8. The van der Waals surface area contributed by atoms with Crippen LogP contribution in [-0.4, -0.2) is 45.7 Å². The second-order valence-corrected chi connectivity index (χ2v) is 6.59. The SMILES string of the molecule is CCOc1ccc(C(=O)C2=C(C(=O)OC)Nc3nnnn3[C@@H]2c2ccc(F)cc2)cc1. The molecule has 1 atom stereocenters. The Hall–Kier alpha value is -4.08. The average molecular weight is 423 g/mol. The number of nitrogens with one attached hydrogen (secondary N) is 1. The van der Waals surface area contributed by atoms with Crippen molar-refractivity contribution in [1.82, 2.24) is 20.2 Å². The van der Waals surface area contributed by atoms with Gasteiger partial charge in [0.1, 0.15) is 23.3 Å². The van der Waals surface area contributed by atoms with E-state index in [1.807, 2.05) is 6.92 Å². The van der Waals surface area contributed by atoms with E-state index in [0.717, 1.165) is 0 Å². The molecule has 31 heavy (non-hydrogen) atoms. The van der Waals surface area contributed by atoms with Crippen LogP contribution in [0.4, 0.5) is 10.3 Å². The van der Waals surface area contributed by atoms with Crippen LogP contribution >= 0.6 is 0 Å². The van der Waals surface area contributed by atoms with Crippen molar-refractivity contribution in [1.29, 1.82) is 0 Å². The molecule has 0 radical (unpaired) electrons. The van der Waals surface area contributed by atoms with E-state index in [2.05, 4.69) is 20.8 Å². The molecule has 2 aromatic carbocycles. The normalized spacial score (nSPS) is 15.1. The van der Waals surface area contributed by atoms with Crippen molar-refractivity contribution in [3.8, 4) is 5.75 Å². The number of carbonyl (C=O) groups is 2. The van der Waals surface area contributed by atoms with Crippen molar-refractivity contribution in [2.24, 2.45) is 0 Å². The molecule has 1 N–H and O–H groups in total. The molecule has 0 saturated heterocycles. The summed E-state index contributed by atoms with van der Waals surface area (Å²) < 4.78 is 25.2. The Balaban J connectivity index is 1.87. The van der Waals surface area contributed by atoms with E-state index in [9.17, 15) is 14.0 Å². The Morgan fingerprint density at radius 1 is 1.13 bits per heavy atom. The van der Waals surface area contributed by atoms with Crippen molar-refractivity contribution in [2.45, 2.75) is 13.0 Å². The van der Waals surface area contributed by atoms with Crippen LogP contribution in [0.3, 0.4) is 0 Å². The fourth-order valence-corrected chi connectivity index (χ4v) is 3.37. The van der Waals surface area contributed by atoms with Gasteiger partial charge in [-0.3, -0.25) is 4.79 Å². The number of carbonyl (C=O) groups excluding carboxylic acids is 2. The Bertz CT molecular complexity index is 1160. The summed E-state index contributed by atoms with van der Waals surface area (Å²) in [4.78, 5) is 26.1. The lowest BCUT2D eigenvalue weighted by Crippen LogP contribution is -2.32. The summed E-state index contributed by atoms with van der Waals surface area (Å²) in [6.07, 6.45) is 0. The summed E-state index contributed by atoms with van der Waals surface area (Å²) >= 11 is 0. The molecule has 1 aliphatic rings. The van der Waals surface area contributed by atoms with Gasteiger partial charge < -0.3 is 14.8 Å². The molecule has 0 saturated carbocycles. The van der Waals surface area contributed by atoms with Crippen LogP contribution in [0.5, 0.6) is 5.75 Å². The molecule has 1 aromatic heterocycles. The van der Waals surface area contributed by atoms with Crippen LogP contribution in [0.1, 0.15) is 28.9 Å². The number of methoxy groups -OCH3 is 1. The Kier molecular flexibility index (Phi) is 5.44. The molecule has 0 aliphatic carbocycles. The van der Waals surface area contributed by atoms with Gasteiger partial charge in [-0.25, -0.2) is 9.18 Å². The summed E-state index contributed by atoms with van der Waals surface area (Å²) in [6, 6.07) is 11.2. The quantitative estimate of drug-likeness (QED) is 0.476. The molecule has 0 amide bonds. The highest BCUT2D eigenvalue weighted by Crippen LogP contribution is 2.36. The van der Waals surface area contributed by atoms with Gasteiger partial charge in [-0.1, -0.05) is 17.2 Å². The lowest BCUT2D eigenvalue weighted by atomic mass is 9.89. The number of esters is 1. The maximum absolute atomic E-state index is 13.6. The molecule has 158 valence electrons. The maximum Gasteiger partial charge on any atom is 0.355 e. The zero-order valence-electron chi connectivity index (χ0n) is 16.7. The highest BCUT2D eigenvalue weighted by molar-refractivity contribution is 6.14. The lowest BCUT2D eigenvalue weighted by molar-refractivity contribution is -0.136. The number of Topliss-reactive ketones (excluding diaryl/α,β-unsaturated/α-hetero) is 1. The zero-order valence-corrected chi connectivity index (χ0v) is 16.7. The molecule has 0 unspecified atom stereocenters. The number of fused-ring (bicyclic) bond motifs is 1. The highest BCUT2D eigenvalue weighted by atomic mass is 19.1. The number of anilines is 1. The number of benzene rings is 2. The summed E-state index contributed by atoms with van der Waals surface area (Å²) in [5, 5.41) is 14.2. The van der Waals surface area contributed by atoms with Gasteiger partial charge in [0.25, 0.3) is 0 Å². The predicted octanol–water partition coefficient (Wildman–Crippen LogP) is 2.54. The number of ether oxygens (including phenoxy) is 2. The second kappa shape index (κ2) is 8.34. The first-order valence-corrected chi connectivity index (χ1v) is 9.44. The average Bonchev–Trinajstić information content (AvgIpc) is 3.26. The largest absolute Gasteiger partial charge is 0.494 e. The molecule has 0 fully saturated rings. The highest BCUT2D eigenvalue weighted by Gasteiger charge is 2.38. The third kappa shape index (κ3) is 3.75. The van der Waals surface area contributed by atoms with Gasteiger partial charge in [-0.05, 0) is 59.3 Å². The Morgan fingerprint density at radius 2 is 1.84 bits per heavy atom. The number of aromatic nitrogens is 4. The maximum atomic E-state index is 13.6. The molecule has 0 spiro atoms. The third-order valence-electron chi connectivity index (χ3n) is 4.76. The van der Waals surface area contributed by atoms with E-state index in [-0.39, 0.29) is 17.2 Å². The Labute approximate surface area is 176 Å². The van der Waals surface area contributed by atoms with Crippen molar-refractivity contribution in [3.63, 3.8) is 0 Å². The van der Waals surface area contributed by atoms with Gasteiger partial charge in [0.2, 0.25) is 5.95 Å². The monoisotopic (exact) mass is 423 g/mol. The van der Waals surface area contributed by atoms with Crippen molar-refractivity contribution in [2.75, 3.05) is 19.0 Å². The van der Waals surface area contributed by atoms with E-state index in [0.29, 0.717) is 23.5 Å². The first kappa shape index (κ1) is 20.2. The number of nitrogens with zero attached hydrogens (tertiary/aromatic N) is 4. The molecule has 3 aromatic rings. The fourth-order valence-electron chi connectivity index (χ4n) is 3.37. The number of rotatable bonds is 6. The Morgan fingerprint density at radius 3 is 2.48 bits per heavy atom. The van der Waals surface area contributed by atoms with Gasteiger partial charge in [0.05, 0.1) is 19.3 Å². The van der Waals surface area contributed by atoms with Gasteiger partial charge in [-0.2, -0.15) is 4.68 Å². The van der Waals surface area contributed by atoms with Crippen molar-refractivity contribution in [3.05, 3.63) is 76.7 Å². The van der Waals surface area contributed by atoms with Gasteiger partial charge >= 0.3 is 5.97 Å². The number of ketones is 1. The molecule has 4 rings (SSSR count). The molecule has 9 nitrogen and oxygen atoms in total. The third-order valence-corrected chi connectivity index (χ3v) is 4.76. The van der Waals surface area contributed by atoms with Gasteiger partial charge in [0, 0.05) is 5.56 Å². The second-order valence-electron chi connectivity index (χ2n) is 6.59. The van der Waals surface area contributed by atoms with Crippen LogP contribution < -0.4 is 10.1 Å². The van der Waals surface area contributed by atoms with Gasteiger partial charge in [0.15, 0.2) is 5.78 Å². The summed E-state index contributed by atoms with van der Waals surface area (Å²) in [5.41, 5.74) is 0.831. The first-order chi connectivity index (χ1) is 15.0. The summed E-state index contributed by atoms with van der Waals surface area (Å²) in [6.45, 7) is 2.35. The molecule has 1 aliphatic heterocycles. The van der Waals surface area contributed by atoms with Crippen LogP contribution in [0.25, 0.3) is 0 Å². The predicted molar refractivity (Wildman–Crippen MR) is 107 cm³/mol. The number of hydrogen-bond donors (Lipinski definition) is 1. The van der Waals surface area contributed by atoms with E-state index in [4.69, 9.17) is 9.47 Å².